The van der Waals surface area contributed by atoms with E-state index in [9.17, 15) is 4.39 Å². The molecule has 0 spiro atoms. The monoisotopic (exact) mass is 502 g/mol. The van der Waals surface area contributed by atoms with Crippen LogP contribution in [0.3, 0.4) is 0 Å². The highest BCUT2D eigenvalue weighted by Gasteiger charge is 2.28. The summed E-state index contributed by atoms with van der Waals surface area (Å²) < 4.78 is 13.6. The molecule has 2 aliphatic rings. The van der Waals surface area contributed by atoms with Crippen molar-refractivity contribution < 1.29 is 4.39 Å². The van der Waals surface area contributed by atoms with Gasteiger partial charge in [-0.1, -0.05) is 38.8 Å². The maximum absolute atomic E-state index is 13.6. The van der Waals surface area contributed by atoms with Gasteiger partial charge in [0.15, 0.2) is 5.96 Å². The van der Waals surface area contributed by atoms with Gasteiger partial charge in [-0.25, -0.2) is 4.39 Å². The fourth-order valence-electron chi connectivity index (χ4n) is 4.38. The first-order chi connectivity index (χ1) is 13.0. The standard InChI is InChI=1S/C22H35FN4.HI/c1-22(2,17-7-6-8-18(23)15-17)16-25-21(24-3)26-19-11-13-27(14-12-19)20-9-4-5-10-20;/h6-8,15,19-20H,4-5,9-14,16H2,1-3H3,(H2,24,25,26);1H. The van der Waals surface area contributed by atoms with Gasteiger partial charge in [0.2, 0.25) is 0 Å². The van der Waals surface area contributed by atoms with Crippen molar-refractivity contribution in [2.24, 2.45) is 4.99 Å². The first kappa shape index (κ1) is 23.4. The van der Waals surface area contributed by atoms with Crippen LogP contribution in [0.25, 0.3) is 0 Å². The molecular formula is C22H36FIN4. The number of rotatable bonds is 5. The molecule has 1 heterocycles. The summed E-state index contributed by atoms with van der Waals surface area (Å²) in [6.45, 7) is 7.34. The van der Waals surface area contributed by atoms with Gasteiger partial charge in [-0.2, -0.15) is 0 Å². The molecular weight excluding hydrogens is 466 g/mol. The molecule has 28 heavy (non-hydrogen) atoms. The second-order valence-electron chi connectivity index (χ2n) is 8.71. The Hall–Kier alpha value is -0.890. The van der Waals surface area contributed by atoms with Crippen molar-refractivity contribution in [3.8, 4) is 0 Å². The molecule has 1 saturated carbocycles. The molecule has 2 fully saturated rings. The molecule has 158 valence electrons. The molecule has 0 atom stereocenters. The molecule has 1 aliphatic carbocycles. The predicted molar refractivity (Wildman–Crippen MR) is 126 cm³/mol. The third-order valence-electron chi connectivity index (χ3n) is 6.24. The van der Waals surface area contributed by atoms with Crippen molar-refractivity contribution in [2.75, 3.05) is 26.7 Å². The van der Waals surface area contributed by atoms with E-state index < -0.39 is 0 Å². The fraction of sp³-hybridized carbons (Fsp3) is 0.682. The highest BCUT2D eigenvalue weighted by Crippen LogP contribution is 2.26. The van der Waals surface area contributed by atoms with Crippen molar-refractivity contribution in [3.63, 3.8) is 0 Å². The van der Waals surface area contributed by atoms with Crippen LogP contribution in [-0.2, 0) is 5.41 Å². The number of nitrogens with zero attached hydrogens (tertiary/aromatic N) is 2. The summed E-state index contributed by atoms with van der Waals surface area (Å²) >= 11 is 0. The minimum absolute atomic E-state index is 0. The number of guanidine groups is 1. The Balaban J connectivity index is 0.00000280. The quantitative estimate of drug-likeness (QED) is 0.359. The van der Waals surface area contributed by atoms with Crippen molar-refractivity contribution in [1.29, 1.82) is 0 Å². The SMILES string of the molecule is CN=C(NCC(C)(C)c1cccc(F)c1)NC1CCN(C2CCCC2)CC1.I. The molecule has 0 unspecified atom stereocenters. The van der Waals surface area contributed by atoms with Gasteiger partial charge in [0.05, 0.1) is 0 Å². The first-order valence-electron chi connectivity index (χ1n) is 10.5. The molecule has 2 N–H and O–H groups in total. The number of nitrogens with one attached hydrogen (secondary N) is 2. The maximum atomic E-state index is 13.6. The molecule has 1 saturated heterocycles. The Morgan fingerprint density at radius 2 is 1.86 bits per heavy atom. The van der Waals surface area contributed by atoms with Crippen LogP contribution in [-0.4, -0.2) is 49.6 Å². The molecule has 1 aromatic carbocycles. The highest BCUT2D eigenvalue weighted by atomic mass is 127. The van der Waals surface area contributed by atoms with E-state index in [-0.39, 0.29) is 35.2 Å². The van der Waals surface area contributed by atoms with E-state index in [1.54, 1.807) is 12.1 Å². The van der Waals surface area contributed by atoms with Gasteiger partial charge < -0.3 is 15.5 Å². The summed E-state index contributed by atoms with van der Waals surface area (Å²) in [7, 11) is 1.82. The van der Waals surface area contributed by atoms with E-state index in [1.807, 2.05) is 13.1 Å². The smallest absolute Gasteiger partial charge is 0.191 e. The summed E-state index contributed by atoms with van der Waals surface area (Å²) in [6, 6.07) is 8.18. The molecule has 3 rings (SSSR count). The molecule has 4 nitrogen and oxygen atoms in total. The zero-order valence-corrected chi connectivity index (χ0v) is 19.8. The Bertz CT molecular complexity index is 635. The lowest BCUT2D eigenvalue weighted by Crippen LogP contribution is -2.51. The molecule has 0 aromatic heterocycles. The molecule has 6 heteroatoms. The normalized spacial score (nSPS) is 20.1. The van der Waals surface area contributed by atoms with Crippen LogP contribution in [0.1, 0.15) is 57.9 Å². The van der Waals surface area contributed by atoms with Crippen LogP contribution >= 0.6 is 24.0 Å². The average molecular weight is 502 g/mol. The maximum Gasteiger partial charge on any atom is 0.191 e. The van der Waals surface area contributed by atoms with E-state index >= 15 is 0 Å². The van der Waals surface area contributed by atoms with Gasteiger partial charge in [-0.3, -0.25) is 4.99 Å². The third kappa shape index (κ3) is 6.31. The van der Waals surface area contributed by atoms with Crippen molar-refractivity contribution in [2.45, 2.75) is 69.9 Å². The lowest BCUT2D eigenvalue weighted by atomic mass is 9.84. The number of hydrogen-bond acceptors (Lipinski definition) is 2. The van der Waals surface area contributed by atoms with Crippen molar-refractivity contribution in [1.82, 2.24) is 15.5 Å². The fourth-order valence-corrected chi connectivity index (χ4v) is 4.38. The minimum atomic E-state index is -0.183. The number of aliphatic imine (C=N–C) groups is 1. The van der Waals surface area contributed by atoms with Crippen molar-refractivity contribution in [3.05, 3.63) is 35.6 Å². The number of hydrogen-bond donors (Lipinski definition) is 2. The molecule has 0 amide bonds. The molecule has 1 aromatic rings. The van der Waals surface area contributed by atoms with Crippen LogP contribution < -0.4 is 10.6 Å². The number of piperidine rings is 1. The van der Waals surface area contributed by atoms with E-state index in [0.29, 0.717) is 12.6 Å². The van der Waals surface area contributed by atoms with Gasteiger partial charge in [0.25, 0.3) is 0 Å². The summed E-state index contributed by atoms with van der Waals surface area (Å²) in [5.74, 6) is 0.663. The van der Waals surface area contributed by atoms with Crippen molar-refractivity contribution >= 4 is 29.9 Å². The van der Waals surface area contributed by atoms with Crippen LogP contribution in [0, 0.1) is 5.82 Å². The summed E-state index contributed by atoms with van der Waals surface area (Å²) in [6.07, 6.45) is 7.92. The third-order valence-corrected chi connectivity index (χ3v) is 6.24. The minimum Gasteiger partial charge on any atom is -0.356 e. The van der Waals surface area contributed by atoms with Gasteiger partial charge in [-0.15, -0.1) is 24.0 Å². The van der Waals surface area contributed by atoms with Gasteiger partial charge >= 0.3 is 0 Å². The zero-order chi connectivity index (χ0) is 19.3. The largest absolute Gasteiger partial charge is 0.356 e. The Labute approximate surface area is 186 Å². The Kier molecular flexibility index (Phi) is 8.99. The number of halogens is 2. The Morgan fingerprint density at radius 3 is 2.46 bits per heavy atom. The molecule has 0 radical (unpaired) electrons. The van der Waals surface area contributed by atoms with Crippen LogP contribution in [0.4, 0.5) is 4.39 Å². The summed E-state index contributed by atoms with van der Waals surface area (Å²) in [5, 5.41) is 7.03. The second-order valence-corrected chi connectivity index (χ2v) is 8.71. The first-order valence-corrected chi connectivity index (χ1v) is 10.5. The Morgan fingerprint density at radius 1 is 1.18 bits per heavy atom. The lowest BCUT2D eigenvalue weighted by molar-refractivity contribution is 0.150. The van der Waals surface area contributed by atoms with E-state index in [4.69, 9.17) is 0 Å². The van der Waals surface area contributed by atoms with Crippen LogP contribution in [0.15, 0.2) is 29.3 Å². The number of likely N-dealkylation sites (tertiary alicyclic amines) is 1. The van der Waals surface area contributed by atoms with E-state index in [1.165, 1.54) is 57.7 Å². The highest BCUT2D eigenvalue weighted by molar-refractivity contribution is 14.0. The van der Waals surface area contributed by atoms with Crippen LogP contribution in [0.2, 0.25) is 0 Å². The van der Waals surface area contributed by atoms with E-state index in [2.05, 4.69) is 34.4 Å². The zero-order valence-electron chi connectivity index (χ0n) is 17.5. The van der Waals surface area contributed by atoms with Gasteiger partial charge in [0.1, 0.15) is 5.82 Å². The van der Waals surface area contributed by atoms with Crippen LogP contribution in [0.5, 0.6) is 0 Å². The lowest BCUT2D eigenvalue weighted by Gasteiger charge is -2.37. The average Bonchev–Trinajstić information content (AvgIpc) is 3.20. The second kappa shape index (κ2) is 10.8. The predicted octanol–water partition coefficient (Wildman–Crippen LogP) is 4.29. The summed E-state index contributed by atoms with van der Waals surface area (Å²) in [4.78, 5) is 7.09. The summed E-state index contributed by atoms with van der Waals surface area (Å²) in [5.41, 5.74) is 0.821. The number of benzene rings is 1. The topological polar surface area (TPSA) is 39.7 Å². The molecule has 1 aliphatic heterocycles. The van der Waals surface area contributed by atoms with Gasteiger partial charge in [0, 0.05) is 44.2 Å². The van der Waals surface area contributed by atoms with E-state index in [0.717, 1.165) is 17.6 Å². The molecule has 0 bridgehead atoms. The van der Waals surface area contributed by atoms with Gasteiger partial charge in [-0.05, 0) is 43.4 Å².